The molecule has 0 spiro atoms. The molecule has 0 saturated carbocycles. The van der Waals surface area contributed by atoms with Crippen LogP contribution in [0, 0.1) is 0 Å². The van der Waals surface area contributed by atoms with Crippen molar-refractivity contribution < 1.29 is 4.74 Å². The molecule has 3 nitrogen and oxygen atoms in total. The van der Waals surface area contributed by atoms with Gasteiger partial charge in [-0.25, -0.2) is 0 Å². The third kappa shape index (κ3) is 3.22. The first-order chi connectivity index (χ1) is 9.69. The third-order valence-electron chi connectivity index (χ3n) is 4.66. The summed E-state index contributed by atoms with van der Waals surface area (Å²) in [6.45, 7) is 3.03. The van der Waals surface area contributed by atoms with Crippen LogP contribution in [0.5, 0.6) is 0 Å². The minimum absolute atomic E-state index is 0.401. The Bertz CT molecular complexity index is 421. The Balaban J connectivity index is 2.25. The number of hydrogen-bond donors (Lipinski definition) is 1. The van der Waals surface area contributed by atoms with Gasteiger partial charge in [0.2, 0.25) is 0 Å². The van der Waals surface area contributed by atoms with E-state index in [2.05, 4.69) is 55.5 Å². The molecule has 3 unspecified atom stereocenters. The number of likely N-dealkylation sites (N-methyl/N-ethyl adjacent to an activating group) is 2. The molecule has 0 bridgehead atoms. The lowest BCUT2D eigenvalue weighted by Gasteiger charge is -2.37. The molecule has 1 aromatic rings. The zero-order valence-electron chi connectivity index (χ0n) is 13.2. The predicted molar refractivity (Wildman–Crippen MR) is 84.1 cm³/mol. The molecular formula is C17H28N2O. The van der Waals surface area contributed by atoms with Crippen LogP contribution in [0.25, 0.3) is 0 Å². The van der Waals surface area contributed by atoms with Crippen LogP contribution in [0.4, 0.5) is 0 Å². The molecular weight excluding hydrogens is 248 g/mol. The van der Waals surface area contributed by atoms with E-state index in [0.29, 0.717) is 18.1 Å². The molecule has 0 fully saturated rings. The Morgan fingerprint density at radius 3 is 2.85 bits per heavy atom. The highest BCUT2D eigenvalue weighted by molar-refractivity contribution is 5.32. The van der Waals surface area contributed by atoms with E-state index < -0.39 is 0 Å². The minimum Gasteiger partial charge on any atom is -0.383 e. The highest BCUT2D eigenvalue weighted by Crippen LogP contribution is 2.32. The summed E-state index contributed by atoms with van der Waals surface area (Å²) in [5.41, 5.74) is 2.97. The van der Waals surface area contributed by atoms with Gasteiger partial charge in [0.05, 0.1) is 6.61 Å². The summed E-state index contributed by atoms with van der Waals surface area (Å²) in [7, 11) is 6.09. The lowest BCUT2D eigenvalue weighted by Crippen LogP contribution is -2.47. The number of methoxy groups -OCH3 is 1. The Hall–Kier alpha value is -0.900. The van der Waals surface area contributed by atoms with Crippen molar-refractivity contribution in [3.8, 4) is 0 Å². The fraction of sp³-hybridized carbons (Fsp3) is 0.647. The van der Waals surface area contributed by atoms with Crippen molar-refractivity contribution in [2.75, 3.05) is 27.8 Å². The van der Waals surface area contributed by atoms with E-state index in [1.807, 2.05) is 0 Å². The first-order valence-corrected chi connectivity index (χ1v) is 7.65. The van der Waals surface area contributed by atoms with Gasteiger partial charge in [0.1, 0.15) is 0 Å². The summed E-state index contributed by atoms with van der Waals surface area (Å²) < 4.78 is 5.32. The summed E-state index contributed by atoms with van der Waals surface area (Å²) in [4.78, 5) is 2.48. The van der Waals surface area contributed by atoms with Crippen molar-refractivity contribution in [1.29, 1.82) is 0 Å². The zero-order chi connectivity index (χ0) is 14.5. The zero-order valence-corrected chi connectivity index (χ0v) is 13.2. The van der Waals surface area contributed by atoms with Gasteiger partial charge in [0.15, 0.2) is 0 Å². The van der Waals surface area contributed by atoms with Crippen LogP contribution >= 0.6 is 0 Å². The van der Waals surface area contributed by atoms with Gasteiger partial charge >= 0.3 is 0 Å². The Morgan fingerprint density at radius 2 is 2.15 bits per heavy atom. The molecule has 0 aromatic heterocycles. The van der Waals surface area contributed by atoms with Gasteiger partial charge in [-0.15, -0.1) is 0 Å². The molecule has 1 aromatic carbocycles. The van der Waals surface area contributed by atoms with Gasteiger partial charge < -0.3 is 10.1 Å². The molecule has 0 saturated heterocycles. The number of fused-ring (bicyclic) bond motifs is 1. The Labute approximate surface area is 123 Å². The van der Waals surface area contributed by atoms with E-state index in [0.717, 1.165) is 6.61 Å². The molecule has 3 atom stereocenters. The maximum Gasteiger partial charge on any atom is 0.0615 e. The van der Waals surface area contributed by atoms with Gasteiger partial charge in [-0.2, -0.15) is 0 Å². The van der Waals surface area contributed by atoms with Crippen molar-refractivity contribution in [2.45, 2.75) is 44.3 Å². The van der Waals surface area contributed by atoms with Crippen molar-refractivity contribution in [1.82, 2.24) is 10.2 Å². The molecule has 20 heavy (non-hydrogen) atoms. The molecule has 3 heteroatoms. The number of nitrogens with zero attached hydrogens (tertiary/aromatic N) is 1. The molecule has 0 radical (unpaired) electrons. The smallest absolute Gasteiger partial charge is 0.0615 e. The SMILES string of the molecule is CNC1c2ccccc2CCCC1N(C)C(C)COC. The topological polar surface area (TPSA) is 24.5 Å². The number of rotatable bonds is 5. The first-order valence-electron chi connectivity index (χ1n) is 7.65. The monoisotopic (exact) mass is 276 g/mol. The largest absolute Gasteiger partial charge is 0.383 e. The normalized spacial score (nSPS) is 24.2. The summed E-state index contributed by atoms with van der Waals surface area (Å²) in [6, 6.07) is 10.2. The number of hydrogen-bond acceptors (Lipinski definition) is 3. The van der Waals surface area contributed by atoms with E-state index in [-0.39, 0.29) is 0 Å². The molecule has 1 N–H and O–H groups in total. The van der Waals surface area contributed by atoms with Crippen molar-refractivity contribution in [3.63, 3.8) is 0 Å². The molecule has 0 heterocycles. The maximum absolute atomic E-state index is 5.32. The fourth-order valence-corrected chi connectivity index (χ4v) is 3.41. The second kappa shape index (κ2) is 7.21. The summed E-state index contributed by atoms with van der Waals surface area (Å²) in [6.07, 6.45) is 3.67. The number of ether oxygens (including phenoxy) is 1. The second-order valence-corrected chi connectivity index (χ2v) is 5.89. The molecule has 1 aliphatic rings. The van der Waals surface area contributed by atoms with Gasteiger partial charge in [-0.1, -0.05) is 24.3 Å². The highest BCUT2D eigenvalue weighted by atomic mass is 16.5. The quantitative estimate of drug-likeness (QED) is 0.837. The van der Waals surface area contributed by atoms with Crippen LogP contribution in [0.15, 0.2) is 24.3 Å². The summed E-state index contributed by atoms with van der Waals surface area (Å²) >= 11 is 0. The highest BCUT2D eigenvalue weighted by Gasteiger charge is 2.31. The molecule has 112 valence electrons. The summed E-state index contributed by atoms with van der Waals surface area (Å²) in [5, 5.41) is 3.55. The van der Waals surface area contributed by atoms with Crippen molar-refractivity contribution in [3.05, 3.63) is 35.4 Å². The maximum atomic E-state index is 5.32. The number of aryl methyl sites for hydroxylation is 1. The molecule has 1 aliphatic carbocycles. The second-order valence-electron chi connectivity index (χ2n) is 5.89. The third-order valence-corrected chi connectivity index (χ3v) is 4.66. The van der Waals surface area contributed by atoms with Crippen LogP contribution in [0.3, 0.4) is 0 Å². The molecule has 0 aliphatic heterocycles. The number of nitrogens with one attached hydrogen (secondary N) is 1. The average molecular weight is 276 g/mol. The standard InChI is InChI=1S/C17H28N2O/c1-13(12-20-4)19(3)16-11-7-9-14-8-5-6-10-15(14)17(16)18-2/h5-6,8,10,13,16-18H,7,9,11-12H2,1-4H3. The molecule has 0 amide bonds. The van der Waals surface area contributed by atoms with Crippen molar-refractivity contribution >= 4 is 0 Å². The lowest BCUT2D eigenvalue weighted by atomic mass is 9.95. The van der Waals surface area contributed by atoms with Crippen LogP contribution in [-0.2, 0) is 11.2 Å². The van der Waals surface area contributed by atoms with E-state index >= 15 is 0 Å². The van der Waals surface area contributed by atoms with Crippen LogP contribution in [0.1, 0.15) is 36.9 Å². The van der Waals surface area contributed by atoms with E-state index in [1.165, 1.54) is 30.4 Å². The minimum atomic E-state index is 0.401. The van der Waals surface area contributed by atoms with Gasteiger partial charge in [0.25, 0.3) is 0 Å². The van der Waals surface area contributed by atoms with E-state index in [4.69, 9.17) is 4.74 Å². The Morgan fingerprint density at radius 1 is 1.40 bits per heavy atom. The lowest BCUT2D eigenvalue weighted by molar-refractivity contribution is 0.0728. The Kier molecular flexibility index (Phi) is 5.58. The van der Waals surface area contributed by atoms with E-state index in [1.54, 1.807) is 7.11 Å². The van der Waals surface area contributed by atoms with Gasteiger partial charge in [-0.05, 0) is 51.4 Å². The fourth-order valence-electron chi connectivity index (χ4n) is 3.41. The van der Waals surface area contributed by atoms with Crippen LogP contribution in [0.2, 0.25) is 0 Å². The van der Waals surface area contributed by atoms with Crippen molar-refractivity contribution in [2.24, 2.45) is 0 Å². The average Bonchev–Trinajstić information content (AvgIpc) is 2.65. The molecule has 2 rings (SSSR count). The number of benzene rings is 1. The summed E-state index contributed by atoms with van der Waals surface area (Å²) in [5.74, 6) is 0. The predicted octanol–water partition coefficient (Wildman–Crippen LogP) is 2.62. The van der Waals surface area contributed by atoms with Gasteiger partial charge in [0, 0.05) is 25.2 Å². The first kappa shape index (κ1) is 15.5. The van der Waals surface area contributed by atoms with Crippen LogP contribution < -0.4 is 5.32 Å². The van der Waals surface area contributed by atoms with E-state index in [9.17, 15) is 0 Å². The van der Waals surface area contributed by atoms with Crippen LogP contribution in [-0.4, -0.2) is 44.8 Å². The van der Waals surface area contributed by atoms with Gasteiger partial charge in [-0.3, -0.25) is 4.90 Å².